The molecule has 1 aliphatic heterocycles. The van der Waals surface area contributed by atoms with E-state index < -0.39 is 5.82 Å². The van der Waals surface area contributed by atoms with Crippen molar-refractivity contribution in [2.75, 3.05) is 45.7 Å². The van der Waals surface area contributed by atoms with E-state index in [4.69, 9.17) is 9.15 Å². The van der Waals surface area contributed by atoms with Gasteiger partial charge >= 0.3 is 0 Å². The van der Waals surface area contributed by atoms with Crippen molar-refractivity contribution in [3.8, 4) is 17.1 Å². The van der Waals surface area contributed by atoms with Crippen LogP contribution >= 0.6 is 0 Å². The molecule has 0 unspecified atom stereocenters. The van der Waals surface area contributed by atoms with Gasteiger partial charge in [-0.25, -0.2) is 9.37 Å². The van der Waals surface area contributed by atoms with E-state index in [1.807, 2.05) is 11.9 Å². The van der Waals surface area contributed by atoms with Crippen molar-refractivity contribution in [1.29, 1.82) is 0 Å². The lowest BCUT2D eigenvalue weighted by Gasteiger charge is -2.32. The highest BCUT2D eigenvalue weighted by molar-refractivity contribution is 5.98. The highest BCUT2D eigenvalue weighted by atomic mass is 19.1. The van der Waals surface area contributed by atoms with Gasteiger partial charge in [-0.15, -0.1) is 0 Å². The van der Waals surface area contributed by atoms with Crippen molar-refractivity contribution in [2.45, 2.75) is 12.8 Å². The maximum Gasteiger partial charge on any atom is 0.254 e. The molecule has 0 saturated carbocycles. The smallest absolute Gasteiger partial charge is 0.254 e. The summed E-state index contributed by atoms with van der Waals surface area (Å²) in [7, 11) is 3.53. The van der Waals surface area contributed by atoms with E-state index >= 15 is 0 Å². The normalized spacial score (nSPS) is 14.1. The Morgan fingerprint density at radius 3 is 2.65 bits per heavy atom. The molecule has 178 valence electrons. The monoisotopic (exact) mass is 466 g/mol. The van der Waals surface area contributed by atoms with Crippen molar-refractivity contribution in [3.05, 3.63) is 65.9 Å². The number of aromatic nitrogens is 1. The molecule has 0 radical (unpaired) electrons. The lowest BCUT2D eigenvalue weighted by Crippen LogP contribution is -2.47. The number of amides is 2. The van der Waals surface area contributed by atoms with Gasteiger partial charge in [0.2, 0.25) is 5.91 Å². The van der Waals surface area contributed by atoms with E-state index in [-0.39, 0.29) is 24.7 Å². The van der Waals surface area contributed by atoms with Crippen molar-refractivity contribution >= 4 is 17.5 Å². The summed E-state index contributed by atoms with van der Waals surface area (Å²) in [5, 5.41) is 2.81. The summed E-state index contributed by atoms with van der Waals surface area (Å²) >= 11 is 0. The van der Waals surface area contributed by atoms with E-state index in [2.05, 4.69) is 15.2 Å². The van der Waals surface area contributed by atoms with E-state index in [0.717, 1.165) is 13.1 Å². The summed E-state index contributed by atoms with van der Waals surface area (Å²) in [5.41, 5.74) is 1.23. The van der Waals surface area contributed by atoms with Crippen LogP contribution in [0, 0.1) is 5.82 Å². The van der Waals surface area contributed by atoms with Gasteiger partial charge in [0.25, 0.3) is 5.91 Å². The number of anilines is 1. The summed E-state index contributed by atoms with van der Waals surface area (Å²) in [6, 6.07) is 11.3. The van der Waals surface area contributed by atoms with Gasteiger partial charge in [0.15, 0.2) is 11.7 Å². The van der Waals surface area contributed by atoms with Gasteiger partial charge in [-0.1, -0.05) is 12.1 Å². The van der Waals surface area contributed by atoms with Gasteiger partial charge in [-0.3, -0.25) is 9.59 Å². The number of carbonyl (C=O) groups excluding carboxylic acids is 2. The zero-order chi connectivity index (χ0) is 24.1. The fourth-order valence-electron chi connectivity index (χ4n) is 3.78. The summed E-state index contributed by atoms with van der Waals surface area (Å²) in [5.74, 6) is 0.340. The van der Waals surface area contributed by atoms with E-state index in [1.54, 1.807) is 36.4 Å². The van der Waals surface area contributed by atoms with Crippen LogP contribution in [0.5, 0.6) is 5.75 Å². The second-order valence-corrected chi connectivity index (χ2v) is 8.16. The zero-order valence-electron chi connectivity index (χ0n) is 19.2. The van der Waals surface area contributed by atoms with Crippen LogP contribution in [0.4, 0.5) is 10.1 Å². The molecule has 1 aromatic heterocycles. The Hall–Kier alpha value is -3.72. The maximum absolute atomic E-state index is 13.9. The molecule has 0 spiro atoms. The van der Waals surface area contributed by atoms with E-state index in [0.29, 0.717) is 47.3 Å². The predicted molar refractivity (Wildman–Crippen MR) is 125 cm³/mol. The quantitative estimate of drug-likeness (QED) is 0.574. The summed E-state index contributed by atoms with van der Waals surface area (Å²) in [4.78, 5) is 33.6. The Balaban J connectivity index is 1.39. The van der Waals surface area contributed by atoms with E-state index in [1.165, 1.54) is 19.4 Å². The Bertz CT molecular complexity index is 1170. The summed E-state index contributed by atoms with van der Waals surface area (Å²) in [6.45, 7) is 2.97. The Morgan fingerprint density at radius 2 is 1.91 bits per heavy atom. The van der Waals surface area contributed by atoms with Gasteiger partial charge < -0.3 is 24.3 Å². The first-order chi connectivity index (χ1) is 16.4. The second-order valence-electron chi connectivity index (χ2n) is 8.16. The van der Waals surface area contributed by atoms with E-state index in [9.17, 15) is 14.0 Å². The molecule has 1 fully saturated rings. The summed E-state index contributed by atoms with van der Waals surface area (Å²) in [6.07, 6.45) is 1.78. The molecule has 0 bridgehead atoms. The number of aryl methyl sites for hydroxylation is 1. The number of oxazole rings is 1. The fourth-order valence-corrected chi connectivity index (χ4v) is 3.78. The van der Waals surface area contributed by atoms with Gasteiger partial charge in [0.1, 0.15) is 11.6 Å². The zero-order valence-corrected chi connectivity index (χ0v) is 19.2. The van der Waals surface area contributed by atoms with Crippen LogP contribution in [0.1, 0.15) is 22.7 Å². The molecule has 1 N–H and O–H groups in total. The minimum absolute atomic E-state index is 0.0771. The van der Waals surface area contributed by atoms with Crippen LogP contribution in [-0.4, -0.2) is 66.9 Å². The second kappa shape index (κ2) is 10.5. The molecule has 0 aliphatic carbocycles. The number of hydrogen-bond donors (Lipinski definition) is 1. The SMILES string of the molecule is COc1ccc(C(=O)N2CCN(C)CC2)cc1NC(=O)CCc1ncc(-c2ccccc2F)o1. The fraction of sp³-hybridized carbons (Fsp3) is 0.320. The molecule has 3 aromatic rings. The average molecular weight is 467 g/mol. The average Bonchev–Trinajstić information content (AvgIpc) is 3.32. The maximum atomic E-state index is 13.9. The molecule has 8 nitrogen and oxygen atoms in total. The molecular formula is C25H27FN4O4. The molecule has 1 aliphatic rings. The number of methoxy groups -OCH3 is 1. The molecule has 2 amide bonds. The predicted octanol–water partition coefficient (Wildman–Crippen LogP) is 3.45. The molecule has 1 saturated heterocycles. The van der Waals surface area contributed by atoms with Gasteiger partial charge in [-0.2, -0.15) is 0 Å². The third-order valence-electron chi connectivity index (χ3n) is 5.77. The number of nitrogens with zero attached hydrogens (tertiary/aromatic N) is 3. The number of carbonyl (C=O) groups is 2. The van der Waals surface area contributed by atoms with Crippen LogP contribution in [0.25, 0.3) is 11.3 Å². The minimum atomic E-state index is -0.402. The van der Waals surface area contributed by atoms with Crippen LogP contribution in [-0.2, 0) is 11.2 Å². The highest BCUT2D eigenvalue weighted by Gasteiger charge is 2.22. The lowest BCUT2D eigenvalue weighted by atomic mass is 10.1. The Labute approximate surface area is 197 Å². The van der Waals surface area contributed by atoms with Crippen molar-refractivity contribution in [3.63, 3.8) is 0 Å². The molecule has 9 heteroatoms. The number of nitrogens with one attached hydrogen (secondary N) is 1. The van der Waals surface area contributed by atoms with Gasteiger partial charge in [0.05, 0.1) is 24.6 Å². The van der Waals surface area contributed by atoms with Crippen molar-refractivity contribution in [1.82, 2.24) is 14.8 Å². The van der Waals surface area contributed by atoms with Crippen molar-refractivity contribution in [2.24, 2.45) is 0 Å². The first-order valence-electron chi connectivity index (χ1n) is 11.1. The number of benzene rings is 2. The first kappa shape index (κ1) is 23.4. The molecular weight excluding hydrogens is 439 g/mol. The molecule has 0 atom stereocenters. The highest BCUT2D eigenvalue weighted by Crippen LogP contribution is 2.27. The molecule has 2 aromatic carbocycles. The number of hydrogen-bond acceptors (Lipinski definition) is 6. The molecule has 2 heterocycles. The first-order valence-corrected chi connectivity index (χ1v) is 11.1. The topological polar surface area (TPSA) is 87.9 Å². The minimum Gasteiger partial charge on any atom is -0.495 e. The Morgan fingerprint density at radius 1 is 1.15 bits per heavy atom. The van der Waals surface area contributed by atoms with Crippen LogP contribution in [0.2, 0.25) is 0 Å². The summed E-state index contributed by atoms with van der Waals surface area (Å²) < 4.78 is 24.9. The third kappa shape index (κ3) is 5.43. The van der Waals surface area contributed by atoms with Crippen molar-refractivity contribution < 1.29 is 23.1 Å². The number of piperazine rings is 1. The van der Waals surface area contributed by atoms with Crippen LogP contribution in [0.15, 0.2) is 53.1 Å². The Kier molecular flexibility index (Phi) is 7.22. The third-order valence-corrected chi connectivity index (χ3v) is 5.77. The standard InChI is InChI=1S/C25H27FN4O4/c1-29-11-13-30(14-12-29)25(32)17-7-8-21(33-2)20(15-17)28-23(31)9-10-24-27-16-22(34-24)18-5-3-4-6-19(18)26/h3-8,15-16H,9-14H2,1-2H3,(H,28,31). The van der Waals surface area contributed by atoms with Gasteiger partial charge in [0, 0.05) is 44.6 Å². The number of ether oxygens (including phenoxy) is 1. The number of likely N-dealkylation sites (N-methyl/N-ethyl adjacent to an activating group) is 1. The van der Waals surface area contributed by atoms with Crippen LogP contribution < -0.4 is 10.1 Å². The van der Waals surface area contributed by atoms with Gasteiger partial charge in [-0.05, 0) is 37.4 Å². The lowest BCUT2D eigenvalue weighted by molar-refractivity contribution is -0.116. The largest absolute Gasteiger partial charge is 0.495 e. The molecule has 4 rings (SSSR count). The molecule has 34 heavy (non-hydrogen) atoms. The number of halogens is 1. The van der Waals surface area contributed by atoms with Crippen LogP contribution in [0.3, 0.4) is 0 Å². The number of rotatable bonds is 7.